The largest absolute Gasteiger partial charge is 0.392 e. The number of rotatable bonds is 1. The van der Waals surface area contributed by atoms with Gasteiger partial charge in [0.05, 0.1) is 24.0 Å². The van der Waals surface area contributed by atoms with Gasteiger partial charge in [0.1, 0.15) is 5.69 Å². The summed E-state index contributed by atoms with van der Waals surface area (Å²) in [7, 11) is 1.77. The molecule has 2 aliphatic heterocycles. The van der Waals surface area contributed by atoms with Gasteiger partial charge in [-0.25, -0.2) is 4.98 Å². The van der Waals surface area contributed by atoms with Crippen molar-refractivity contribution in [2.45, 2.75) is 25.4 Å². The second-order valence-electron chi connectivity index (χ2n) is 5.94. The first-order chi connectivity index (χ1) is 10.0. The lowest BCUT2D eigenvalue weighted by molar-refractivity contribution is -0.147. The van der Waals surface area contributed by atoms with Crippen LogP contribution in [0.4, 0.5) is 0 Å². The Balaban J connectivity index is 1.84. The Labute approximate surface area is 122 Å². The molecule has 2 aliphatic rings. The van der Waals surface area contributed by atoms with E-state index in [-0.39, 0.29) is 18.4 Å². The van der Waals surface area contributed by atoms with Crippen molar-refractivity contribution < 1.29 is 14.7 Å². The molecular weight excluding hydrogens is 272 g/mol. The number of aromatic nitrogens is 2. The van der Waals surface area contributed by atoms with Crippen LogP contribution in [0, 0.1) is 5.41 Å². The number of hydrogen-bond donors (Lipinski definition) is 2. The topological polar surface area (TPSA) is 87.5 Å². The van der Waals surface area contributed by atoms with Gasteiger partial charge in [0.15, 0.2) is 0 Å². The predicted molar refractivity (Wildman–Crippen MR) is 74.4 cm³/mol. The minimum absolute atomic E-state index is 0.135. The molecule has 1 spiro atoms. The second kappa shape index (κ2) is 5.14. The van der Waals surface area contributed by atoms with Crippen LogP contribution in [-0.2, 0) is 11.8 Å². The molecule has 114 valence electrons. The molecular formula is C14H20N4O3. The molecule has 2 saturated heterocycles. The van der Waals surface area contributed by atoms with E-state index in [1.54, 1.807) is 22.8 Å². The Morgan fingerprint density at radius 3 is 3.05 bits per heavy atom. The minimum atomic E-state index is -0.856. The van der Waals surface area contributed by atoms with Gasteiger partial charge in [-0.1, -0.05) is 0 Å². The van der Waals surface area contributed by atoms with Crippen LogP contribution in [0.5, 0.6) is 0 Å². The van der Waals surface area contributed by atoms with Gasteiger partial charge < -0.3 is 19.9 Å². The van der Waals surface area contributed by atoms with Crippen molar-refractivity contribution in [2.24, 2.45) is 12.5 Å². The number of nitrogens with one attached hydrogen (secondary N) is 1. The molecule has 3 heterocycles. The number of likely N-dealkylation sites (tertiary alicyclic amines) is 1. The van der Waals surface area contributed by atoms with Crippen molar-refractivity contribution in [1.82, 2.24) is 19.8 Å². The van der Waals surface area contributed by atoms with E-state index < -0.39 is 11.5 Å². The van der Waals surface area contributed by atoms with Crippen LogP contribution < -0.4 is 5.32 Å². The zero-order valence-corrected chi connectivity index (χ0v) is 12.1. The van der Waals surface area contributed by atoms with Crippen molar-refractivity contribution >= 4 is 11.8 Å². The van der Waals surface area contributed by atoms with Gasteiger partial charge in [0.2, 0.25) is 5.91 Å². The maximum Gasteiger partial charge on any atom is 0.272 e. The Bertz CT molecular complexity index is 570. The Morgan fingerprint density at radius 2 is 2.38 bits per heavy atom. The van der Waals surface area contributed by atoms with Crippen LogP contribution in [0.3, 0.4) is 0 Å². The summed E-state index contributed by atoms with van der Waals surface area (Å²) in [6.45, 7) is 1.37. The summed E-state index contributed by atoms with van der Waals surface area (Å²) in [5.41, 5.74) is -0.358. The molecule has 7 nitrogen and oxygen atoms in total. The smallest absolute Gasteiger partial charge is 0.272 e. The number of aliphatic hydroxyl groups excluding tert-OH is 1. The standard InChI is InChI=1S/C14H20N4O3/c1-17-9-15-7-10(17)12(20)18-6-3-11(19)14(8-18)4-2-5-16-13(14)21/h7,9,11,19H,2-6,8H2,1H3,(H,16,21)/t11-,14+/m0/s1. The van der Waals surface area contributed by atoms with Crippen molar-refractivity contribution in [2.75, 3.05) is 19.6 Å². The lowest BCUT2D eigenvalue weighted by Crippen LogP contribution is -2.62. The van der Waals surface area contributed by atoms with E-state index >= 15 is 0 Å². The summed E-state index contributed by atoms with van der Waals surface area (Å²) in [4.78, 5) is 30.5. The highest BCUT2D eigenvalue weighted by Crippen LogP contribution is 2.37. The van der Waals surface area contributed by atoms with Crippen LogP contribution in [0.1, 0.15) is 29.8 Å². The highest BCUT2D eigenvalue weighted by Gasteiger charge is 2.50. The number of piperidine rings is 2. The predicted octanol–water partition coefficient (Wildman–Crippen LogP) is -0.477. The second-order valence-corrected chi connectivity index (χ2v) is 5.94. The number of carbonyl (C=O) groups is 2. The molecule has 0 unspecified atom stereocenters. The molecule has 3 rings (SSSR count). The van der Waals surface area contributed by atoms with Gasteiger partial charge in [-0.3, -0.25) is 9.59 Å². The molecule has 0 saturated carbocycles. The monoisotopic (exact) mass is 292 g/mol. The average molecular weight is 292 g/mol. The summed E-state index contributed by atoms with van der Waals surface area (Å²) in [6, 6.07) is 0. The van der Waals surface area contributed by atoms with E-state index in [0.717, 1.165) is 6.42 Å². The zero-order chi connectivity index (χ0) is 15.0. The number of hydrogen-bond acceptors (Lipinski definition) is 4. The molecule has 2 amide bonds. The molecule has 2 atom stereocenters. The molecule has 1 aromatic rings. The highest BCUT2D eigenvalue weighted by atomic mass is 16.3. The molecule has 1 aromatic heterocycles. The van der Waals surface area contributed by atoms with Crippen LogP contribution in [0.15, 0.2) is 12.5 Å². The first kappa shape index (κ1) is 14.1. The zero-order valence-electron chi connectivity index (χ0n) is 12.1. The SMILES string of the molecule is Cn1cncc1C(=O)N1CC[C@H](O)[C@@]2(CCCNC2=O)C1. The molecule has 2 fully saturated rings. The van der Waals surface area contributed by atoms with E-state index in [2.05, 4.69) is 10.3 Å². The van der Waals surface area contributed by atoms with E-state index in [1.165, 1.54) is 6.20 Å². The van der Waals surface area contributed by atoms with Crippen molar-refractivity contribution in [3.8, 4) is 0 Å². The van der Waals surface area contributed by atoms with Crippen LogP contribution >= 0.6 is 0 Å². The molecule has 7 heteroatoms. The Hall–Kier alpha value is -1.89. The average Bonchev–Trinajstić information content (AvgIpc) is 2.90. The lowest BCUT2D eigenvalue weighted by Gasteiger charge is -2.46. The van der Waals surface area contributed by atoms with Gasteiger partial charge in [0.25, 0.3) is 5.91 Å². The van der Waals surface area contributed by atoms with Gasteiger partial charge in [-0.05, 0) is 19.3 Å². The third-order valence-electron chi connectivity index (χ3n) is 4.64. The Morgan fingerprint density at radius 1 is 1.57 bits per heavy atom. The van der Waals surface area contributed by atoms with Gasteiger partial charge in [-0.15, -0.1) is 0 Å². The van der Waals surface area contributed by atoms with Crippen molar-refractivity contribution in [3.63, 3.8) is 0 Å². The van der Waals surface area contributed by atoms with Crippen molar-refractivity contribution in [3.05, 3.63) is 18.2 Å². The summed E-state index contributed by atoms with van der Waals surface area (Å²) in [6.07, 6.45) is 4.30. The summed E-state index contributed by atoms with van der Waals surface area (Å²) >= 11 is 0. The highest BCUT2D eigenvalue weighted by molar-refractivity contribution is 5.93. The van der Waals surface area contributed by atoms with Crippen LogP contribution in [-0.4, -0.2) is 57.1 Å². The maximum atomic E-state index is 12.6. The van der Waals surface area contributed by atoms with Crippen molar-refractivity contribution in [1.29, 1.82) is 0 Å². The molecule has 0 bridgehead atoms. The lowest BCUT2D eigenvalue weighted by atomic mass is 9.71. The fourth-order valence-corrected chi connectivity index (χ4v) is 3.34. The number of amides is 2. The first-order valence-electron chi connectivity index (χ1n) is 7.26. The molecule has 0 aliphatic carbocycles. The number of nitrogens with zero attached hydrogens (tertiary/aromatic N) is 3. The minimum Gasteiger partial charge on any atom is -0.392 e. The normalized spacial score (nSPS) is 29.5. The number of carbonyl (C=O) groups excluding carboxylic acids is 2. The first-order valence-corrected chi connectivity index (χ1v) is 7.26. The Kier molecular flexibility index (Phi) is 3.44. The summed E-state index contributed by atoms with van der Waals surface area (Å²) in [5.74, 6) is -0.275. The number of aryl methyl sites for hydroxylation is 1. The fraction of sp³-hybridized carbons (Fsp3) is 0.643. The molecule has 0 radical (unpaired) electrons. The third-order valence-corrected chi connectivity index (χ3v) is 4.64. The number of imidazole rings is 1. The summed E-state index contributed by atoms with van der Waals surface area (Å²) in [5, 5.41) is 13.1. The van der Waals surface area contributed by atoms with Gasteiger partial charge in [-0.2, -0.15) is 0 Å². The van der Waals surface area contributed by atoms with E-state index in [0.29, 0.717) is 31.6 Å². The van der Waals surface area contributed by atoms with E-state index in [4.69, 9.17) is 0 Å². The molecule has 2 N–H and O–H groups in total. The summed E-state index contributed by atoms with van der Waals surface area (Å²) < 4.78 is 1.67. The van der Waals surface area contributed by atoms with E-state index in [1.807, 2.05) is 0 Å². The van der Waals surface area contributed by atoms with Gasteiger partial charge >= 0.3 is 0 Å². The van der Waals surface area contributed by atoms with Crippen LogP contribution in [0.25, 0.3) is 0 Å². The van der Waals surface area contributed by atoms with Gasteiger partial charge in [0, 0.05) is 26.7 Å². The number of aliphatic hydroxyl groups is 1. The fourth-order valence-electron chi connectivity index (χ4n) is 3.34. The van der Waals surface area contributed by atoms with Crippen LogP contribution in [0.2, 0.25) is 0 Å². The quantitative estimate of drug-likeness (QED) is 0.732. The molecule has 0 aromatic carbocycles. The maximum absolute atomic E-state index is 12.6. The third kappa shape index (κ3) is 2.21. The van der Waals surface area contributed by atoms with E-state index in [9.17, 15) is 14.7 Å². The molecule has 21 heavy (non-hydrogen) atoms.